The van der Waals surface area contributed by atoms with E-state index in [-0.39, 0.29) is 6.54 Å². The number of hydrogen-bond acceptors (Lipinski definition) is 4. The minimum Gasteiger partial charge on any atom is -0.444 e. The van der Waals surface area contributed by atoms with Crippen LogP contribution in [0.15, 0.2) is 60.8 Å². The zero-order valence-corrected chi connectivity index (χ0v) is 18.2. The smallest absolute Gasteiger partial charge is 0.407 e. The minimum absolute atomic E-state index is 0.0366. The lowest BCUT2D eigenvalue weighted by molar-refractivity contribution is 0.0523. The predicted molar refractivity (Wildman–Crippen MR) is 124 cm³/mol. The second-order valence-corrected chi connectivity index (χ2v) is 8.59. The number of rotatable bonds is 4. The number of aromatic nitrogens is 2. The van der Waals surface area contributed by atoms with E-state index >= 15 is 0 Å². The summed E-state index contributed by atoms with van der Waals surface area (Å²) in [5.74, 6) is -0.411. The number of H-pyrrole nitrogens is 1. The van der Waals surface area contributed by atoms with E-state index in [4.69, 9.17) is 10.5 Å². The highest BCUT2D eigenvalue weighted by Gasteiger charge is 2.17. The molecule has 32 heavy (non-hydrogen) atoms. The molecule has 2 heterocycles. The van der Waals surface area contributed by atoms with Gasteiger partial charge in [-0.15, -0.1) is 0 Å². The predicted octanol–water partition coefficient (Wildman–Crippen LogP) is 5.64. The summed E-state index contributed by atoms with van der Waals surface area (Å²) >= 11 is 0. The summed E-state index contributed by atoms with van der Waals surface area (Å²) < 4.78 is 20.0. The first-order chi connectivity index (χ1) is 15.2. The number of pyridine rings is 1. The van der Waals surface area contributed by atoms with E-state index in [2.05, 4.69) is 15.3 Å². The number of halogens is 1. The SMILES string of the molecule is CC(C)(C)OC(=O)NCc1ccc(-c2ccnc3cc(-c4cccc(N)c4)[nH]c23)cc1F. The number of benzene rings is 2. The van der Waals surface area contributed by atoms with Crippen molar-refractivity contribution in [2.24, 2.45) is 0 Å². The van der Waals surface area contributed by atoms with Gasteiger partial charge in [0.1, 0.15) is 11.4 Å². The fraction of sp³-hybridized carbons (Fsp3) is 0.200. The first kappa shape index (κ1) is 21.4. The molecule has 164 valence electrons. The quantitative estimate of drug-likeness (QED) is 0.364. The van der Waals surface area contributed by atoms with Crippen LogP contribution in [0, 0.1) is 5.82 Å². The first-order valence-corrected chi connectivity index (χ1v) is 10.3. The maximum atomic E-state index is 14.8. The second-order valence-electron chi connectivity index (χ2n) is 8.59. The number of nitrogen functional groups attached to an aromatic ring is 1. The van der Waals surface area contributed by atoms with Gasteiger partial charge in [-0.2, -0.15) is 0 Å². The number of carbonyl (C=O) groups excluding carboxylic acids is 1. The molecule has 0 radical (unpaired) electrons. The van der Waals surface area contributed by atoms with Gasteiger partial charge in [-0.3, -0.25) is 4.98 Å². The van der Waals surface area contributed by atoms with Crippen molar-refractivity contribution in [3.63, 3.8) is 0 Å². The molecule has 4 rings (SSSR count). The molecule has 0 unspecified atom stereocenters. The summed E-state index contributed by atoms with van der Waals surface area (Å²) in [5, 5.41) is 2.58. The van der Waals surface area contributed by atoms with Crippen molar-refractivity contribution in [3.8, 4) is 22.4 Å². The van der Waals surface area contributed by atoms with E-state index in [0.29, 0.717) is 16.8 Å². The van der Waals surface area contributed by atoms with Crippen molar-refractivity contribution in [2.75, 3.05) is 5.73 Å². The third kappa shape index (κ3) is 4.72. The number of ether oxygens (including phenoxy) is 1. The summed E-state index contributed by atoms with van der Waals surface area (Å²) in [4.78, 5) is 19.7. The number of carbonyl (C=O) groups is 1. The number of nitrogens with one attached hydrogen (secondary N) is 2. The lowest BCUT2D eigenvalue weighted by atomic mass is 10.0. The van der Waals surface area contributed by atoms with E-state index in [0.717, 1.165) is 27.9 Å². The van der Waals surface area contributed by atoms with Crippen LogP contribution in [0.3, 0.4) is 0 Å². The molecule has 0 saturated heterocycles. The number of nitrogens with zero attached hydrogens (tertiary/aromatic N) is 1. The fourth-order valence-corrected chi connectivity index (χ4v) is 3.47. The number of hydrogen-bond donors (Lipinski definition) is 3. The average Bonchev–Trinajstić information content (AvgIpc) is 3.16. The van der Waals surface area contributed by atoms with Gasteiger partial charge in [-0.25, -0.2) is 9.18 Å². The van der Waals surface area contributed by atoms with Gasteiger partial charge in [0.15, 0.2) is 0 Å². The molecule has 0 aliphatic carbocycles. The van der Waals surface area contributed by atoms with Crippen molar-refractivity contribution in [1.82, 2.24) is 15.3 Å². The van der Waals surface area contributed by atoms with Gasteiger partial charge in [0.25, 0.3) is 0 Å². The normalized spacial score (nSPS) is 11.5. The van der Waals surface area contributed by atoms with E-state index < -0.39 is 17.5 Å². The number of aromatic amines is 1. The lowest BCUT2D eigenvalue weighted by Crippen LogP contribution is -2.32. The molecule has 0 aliphatic rings. The third-order valence-electron chi connectivity index (χ3n) is 4.90. The molecule has 0 aliphatic heterocycles. The number of amides is 1. The molecule has 1 amide bonds. The molecule has 0 bridgehead atoms. The summed E-state index contributed by atoms with van der Waals surface area (Å²) in [6.07, 6.45) is 1.11. The second kappa shape index (κ2) is 8.34. The van der Waals surface area contributed by atoms with Gasteiger partial charge in [-0.1, -0.05) is 24.3 Å². The highest BCUT2D eigenvalue weighted by Crippen LogP contribution is 2.32. The highest BCUT2D eigenvalue weighted by atomic mass is 19.1. The Hall–Kier alpha value is -3.87. The van der Waals surface area contributed by atoms with Gasteiger partial charge in [-0.05, 0) is 56.7 Å². The van der Waals surface area contributed by atoms with Crippen LogP contribution in [0.2, 0.25) is 0 Å². The maximum Gasteiger partial charge on any atom is 0.407 e. The Morgan fingerprint density at radius 2 is 1.94 bits per heavy atom. The molecule has 0 atom stereocenters. The zero-order valence-electron chi connectivity index (χ0n) is 18.2. The van der Waals surface area contributed by atoms with Crippen molar-refractivity contribution >= 4 is 22.8 Å². The molecule has 7 heteroatoms. The average molecular weight is 432 g/mol. The van der Waals surface area contributed by atoms with E-state index in [1.54, 1.807) is 33.0 Å². The van der Waals surface area contributed by atoms with Crippen LogP contribution in [0.5, 0.6) is 0 Å². The van der Waals surface area contributed by atoms with Crippen LogP contribution in [-0.2, 0) is 11.3 Å². The van der Waals surface area contributed by atoms with Gasteiger partial charge in [0, 0.05) is 40.8 Å². The molecule has 0 fully saturated rings. The molecule has 2 aromatic carbocycles. The van der Waals surface area contributed by atoms with Gasteiger partial charge < -0.3 is 20.8 Å². The van der Waals surface area contributed by atoms with Crippen LogP contribution in [-0.4, -0.2) is 21.7 Å². The summed E-state index contributed by atoms with van der Waals surface area (Å²) in [6.45, 7) is 5.36. The van der Waals surface area contributed by atoms with E-state index in [1.165, 1.54) is 6.07 Å². The van der Waals surface area contributed by atoms with Gasteiger partial charge in [0.2, 0.25) is 0 Å². The maximum absolute atomic E-state index is 14.8. The van der Waals surface area contributed by atoms with Crippen molar-refractivity contribution in [2.45, 2.75) is 32.9 Å². The summed E-state index contributed by atoms with van der Waals surface area (Å²) in [7, 11) is 0. The Kier molecular flexibility index (Phi) is 5.57. The number of alkyl carbamates (subject to hydrolysis) is 1. The Morgan fingerprint density at radius 1 is 1.12 bits per heavy atom. The summed E-state index contributed by atoms with van der Waals surface area (Å²) in [5.41, 5.74) is 11.3. The molecule has 4 N–H and O–H groups in total. The Bertz CT molecular complexity index is 1290. The van der Waals surface area contributed by atoms with Crippen LogP contribution < -0.4 is 11.1 Å². The van der Waals surface area contributed by atoms with E-state index in [1.807, 2.05) is 42.5 Å². The highest BCUT2D eigenvalue weighted by molar-refractivity contribution is 5.95. The van der Waals surface area contributed by atoms with Crippen LogP contribution in [0.4, 0.5) is 14.9 Å². The molecule has 0 saturated carbocycles. The Labute approximate surface area is 185 Å². The molecule has 6 nitrogen and oxygen atoms in total. The lowest BCUT2D eigenvalue weighted by Gasteiger charge is -2.19. The van der Waals surface area contributed by atoms with Crippen LogP contribution in [0.1, 0.15) is 26.3 Å². The molecular formula is C25H25FN4O2. The van der Waals surface area contributed by atoms with Crippen molar-refractivity contribution in [1.29, 1.82) is 0 Å². The fourth-order valence-electron chi connectivity index (χ4n) is 3.47. The van der Waals surface area contributed by atoms with Gasteiger partial charge >= 0.3 is 6.09 Å². The van der Waals surface area contributed by atoms with Crippen molar-refractivity contribution < 1.29 is 13.9 Å². The standard InChI is InChI=1S/C25H25FN4O2/c1-25(2,3)32-24(31)29-14-17-8-7-15(12-20(17)26)19-9-10-28-22-13-21(30-23(19)22)16-5-4-6-18(27)11-16/h4-13,30H,14,27H2,1-3H3,(H,29,31). The van der Waals surface area contributed by atoms with Crippen LogP contribution >= 0.6 is 0 Å². The van der Waals surface area contributed by atoms with E-state index in [9.17, 15) is 9.18 Å². The Morgan fingerprint density at radius 3 is 2.66 bits per heavy atom. The molecular weight excluding hydrogens is 407 g/mol. The molecule has 4 aromatic rings. The Balaban J connectivity index is 1.60. The number of nitrogens with two attached hydrogens (primary N) is 1. The third-order valence-corrected chi connectivity index (χ3v) is 4.90. The minimum atomic E-state index is -0.612. The number of fused-ring (bicyclic) bond motifs is 1. The molecule has 2 aromatic heterocycles. The van der Waals surface area contributed by atoms with Crippen LogP contribution in [0.25, 0.3) is 33.4 Å². The zero-order chi connectivity index (χ0) is 22.9. The van der Waals surface area contributed by atoms with Gasteiger partial charge in [0.05, 0.1) is 11.0 Å². The number of anilines is 1. The topological polar surface area (TPSA) is 93.0 Å². The van der Waals surface area contributed by atoms with Crippen molar-refractivity contribution in [3.05, 3.63) is 72.2 Å². The summed E-state index contributed by atoms with van der Waals surface area (Å²) in [6, 6.07) is 16.3. The molecule has 0 spiro atoms. The first-order valence-electron chi connectivity index (χ1n) is 10.3. The largest absolute Gasteiger partial charge is 0.444 e. The monoisotopic (exact) mass is 432 g/mol.